The van der Waals surface area contributed by atoms with E-state index >= 15 is 0 Å². The van der Waals surface area contributed by atoms with Gasteiger partial charge in [0.1, 0.15) is 17.6 Å². The van der Waals surface area contributed by atoms with Crippen LogP contribution in [0.1, 0.15) is 47.1 Å². The lowest BCUT2D eigenvalue weighted by Crippen LogP contribution is -2.41. The molecule has 0 fully saturated rings. The zero-order valence-corrected chi connectivity index (χ0v) is 17.1. The largest absolute Gasteiger partial charge is 0.482 e. The Kier molecular flexibility index (Phi) is 8.47. The number of carbonyl (C=O) groups excluding carboxylic acids is 3. The molecule has 1 rings (SSSR count). The number of aldehydes is 1. The summed E-state index contributed by atoms with van der Waals surface area (Å²) in [6, 6.07) is 6.48. The summed E-state index contributed by atoms with van der Waals surface area (Å²) in [6.45, 7) is 11.0. The third-order valence-corrected chi connectivity index (χ3v) is 4.06. The number of benzene rings is 1. The fourth-order valence-electron chi connectivity index (χ4n) is 2.24. The molecule has 0 saturated carbocycles. The van der Waals surface area contributed by atoms with Gasteiger partial charge in [-0.1, -0.05) is 32.9 Å². The van der Waals surface area contributed by atoms with Gasteiger partial charge < -0.3 is 19.6 Å². The Hall–Kier alpha value is -2.37. The van der Waals surface area contributed by atoms with E-state index in [-0.39, 0.29) is 24.3 Å². The first kappa shape index (κ1) is 22.7. The maximum atomic E-state index is 12.1. The molecule has 27 heavy (non-hydrogen) atoms. The first-order chi connectivity index (χ1) is 12.5. The molecule has 1 amide bonds. The van der Waals surface area contributed by atoms with Gasteiger partial charge >= 0.3 is 5.97 Å². The molecule has 0 aliphatic rings. The van der Waals surface area contributed by atoms with E-state index in [1.165, 1.54) is 0 Å². The minimum atomic E-state index is -0.577. The van der Waals surface area contributed by atoms with Gasteiger partial charge in [-0.05, 0) is 50.8 Å². The summed E-state index contributed by atoms with van der Waals surface area (Å²) in [5.74, 6) is 0.0218. The summed E-state index contributed by atoms with van der Waals surface area (Å²) in [5, 5.41) is 2.77. The van der Waals surface area contributed by atoms with E-state index < -0.39 is 17.6 Å². The van der Waals surface area contributed by atoms with Crippen molar-refractivity contribution >= 4 is 18.2 Å². The average Bonchev–Trinajstić information content (AvgIpc) is 2.58. The number of ether oxygens (including phenoxy) is 2. The minimum absolute atomic E-state index is 0.126. The second-order valence-corrected chi connectivity index (χ2v) is 8.01. The van der Waals surface area contributed by atoms with Crippen LogP contribution in [0.15, 0.2) is 24.3 Å². The van der Waals surface area contributed by atoms with Gasteiger partial charge in [0.25, 0.3) is 0 Å². The molecular weight excluding hydrogens is 346 g/mol. The van der Waals surface area contributed by atoms with Crippen LogP contribution in [0.4, 0.5) is 0 Å². The Morgan fingerprint density at radius 1 is 1.11 bits per heavy atom. The number of nitrogens with one attached hydrogen (secondary N) is 1. The molecule has 0 spiro atoms. The molecule has 6 heteroatoms. The monoisotopic (exact) mass is 377 g/mol. The van der Waals surface area contributed by atoms with Crippen LogP contribution < -0.4 is 10.1 Å². The summed E-state index contributed by atoms with van der Waals surface area (Å²) in [6.07, 6.45) is 1.14. The molecule has 150 valence electrons. The second-order valence-electron chi connectivity index (χ2n) is 8.01. The number of carbonyl (C=O) groups is 3. The van der Waals surface area contributed by atoms with Gasteiger partial charge in [0.2, 0.25) is 5.91 Å². The van der Waals surface area contributed by atoms with Crippen LogP contribution in [0, 0.1) is 11.8 Å². The Morgan fingerprint density at radius 2 is 1.70 bits per heavy atom. The SMILES string of the molecule is CC(C)C(C)C(=O)NC(C=O)Cc1ccc(OCC(=O)OC(C)(C)C)cc1. The molecular formula is C21H31NO5. The Balaban J connectivity index is 2.56. The number of amides is 1. The summed E-state index contributed by atoms with van der Waals surface area (Å²) in [7, 11) is 0. The molecule has 0 bridgehead atoms. The van der Waals surface area contributed by atoms with E-state index in [0.29, 0.717) is 12.2 Å². The molecule has 0 heterocycles. The van der Waals surface area contributed by atoms with Crippen molar-refractivity contribution in [2.24, 2.45) is 11.8 Å². The quantitative estimate of drug-likeness (QED) is 0.529. The number of hydrogen-bond donors (Lipinski definition) is 1. The predicted molar refractivity (Wildman–Crippen MR) is 103 cm³/mol. The predicted octanol–water partition coefficient (Wildman–Crippen LogP) is 2.93. The highest BCUT2D eigenvalue weighted by molar-refractivity contribution is 5.81. The summed E-state index contributed by atoms with van der Waals surface area (Å²) < 4.78 is 10.6. The smallest absolute Gasteiger partial charge is 0.344 e. The zero-order valence-electron chi connectivity index (χ0n) is 17.1. The van der Waals surface area contributed by atoms with E-state index in [9.17, 15) is 14.4 Å². The topological polar surface area (TPSA) is 81.7 Å². The summed E-state index contributed by atoms with van der Waals surface area (Å²) in [4.78, 5) is 35.1. The normalized spacial score (nSPS) is 13.6. The molecule has 2 atom stereocenters. The van der Waals surface area contributed by atoms with Gasteiger partial charge in [-0.3, -0.25) is 4.79 Å². The van der Waals surface area contributed by atoms with Crippen molar-refractivity contribution in [2.75, 3.05) is 6.61 Å². The molecule has 0 aromatic heterocycles. The van der Waals surface area contributed by atoms with Crippen molar-refractivity contribution < 1.29 is 23.9 Å². The van der Waals surface area contributed by atoms with Crippen molar-refractivity contribution in [1.82, 2.24) is 5.32 Å². The second kappa shape index (κ2) is 10.1. The number of hydrogen-bond acceptors (Lipinski definition) is 5. The Bertz CT molecular complexity index is 631. The molecule has 2 unspecified atom stereocenters. The summed E-state index contributed by atoms with van der Waals surface area (Å²) >= 11 is 0. The lowest BCUT2D eigenvalue weighted by molar-refractivity contribution is -0.157. The zero-order chi connectivity index (χ0) is 20.6. The first-order valence-electron chi connectivity index (χ1n) is 9.21. The summed E-state index contributed by atoms with van der Waals surface area (Å²) in [5.41, 5.74) is 0.334. The molecule has 0 saturated heterocycles. The van der Waals surface area contributed by atoms with Gasteiger partial charge in [0.05, 0.1) is 6.04 Å². The lowest BCUT2D eigenvalue weighted by Gasteiger charge is -2.20. The van der Waals surface area contributed by atoms with Gasteiger partial charge in [-0.2, -0.15) is 0 Å². The van der Waals surface area contributed by atoms with E-state index in [0.717, 1.165) is 11.8 Å². The van der Waals surface area contributed by atoms with E-state index in [1.807, 2.05) is 20.8 Å². The van der Waals surface area contributed by atoms with E-state index in [1.54, 1.807) is 45.0 Å². The number of esters is 1. The standard InChI is InChI=1S/C21H31NO5/c1-14(2)15(3)20(25)22-17(12-23)11-16-7-9-18(10-8-16)26-13-19(24)27-21(4,5)6/h7-10,12,14-15,17H,11,13H2,1-6H3,(H,22,25). The Labute approximate surface area is 161 Å². The van der Waals surface area contributed by atoms with Gasteiger partial charge in [0, 0.05) is 5.92 Å². The van der Waals surface area contributed by atoms with Crippen molar-refractivity contribution in [2.45, 2.75) is 59.6 Å². The van der Waals surface area contributed by atoms with Crippen LogP contribution in [-0.2, 0) is 25.5 Å². The number of rotatable bonds is 9. The Morgan fingerprint density at radius 3 is 2.19 bits per heavy atom. The van der Waals surface area contributed by atoms with Crippen LogP contribution in [0.2, 0.25) is 0 Å². The van der Waals surface area contributed by atoms with Gasteiger partial charge in [-0.15, -0.1) is 0 Å². The van der Waals surface area contributed by atoms with Gasteiger partial charge in [-0.25, -0.2) is 4.79 Å². The van der Waals surface area contributed by atoms with E-state index in [4.69, 9.17) is 9.47 Å². The molecule has 0 radical (unpaired) electrons. The lowest BCUT2D eigenvalue weighted by atomic mass is 9.96. The third kappa shape index (κ3) is 8.71. The highest BCUT2D eigenvalue weighted by Gasteiger charge is 2.20. The fraction of sp³-hybridized carbons (Fsp3) is 0.571. The molecule has 0 aliphatic heterocycles. The van der Waals surface area contributed by atoms with E-state index in [2.05, 4.69) is 5.32 Å². The van der Waals surface area contributed by atoms with Gasteiger partial charge in [0.15, 0.2) is 6.61 Å². The van der Waals surface area contributed by atoms with Crippen LogP contribution in [0.25, 0.3) is 0 Å². The van der Waals surface area contributed by atoms with Crippen LogP contribution in [-0.4, -0.2) is 36.4 Å². The van der Waals surface area contributed by atoms with Crippen LogP contribution in [0.5, 0.6) is 5.75 Å². The van der Waals surface area contributed by atoms with Crippen molar-refractivity contribution in [3.05, 3.63) is 29.8 Å². The van der Waals surface area contributed by atoms with Crippen LogP contribution in [0.3, 0.4) is 0 Å². The highest BCUT2D eigenvalue weighted by atomic mass is 16.6. The van der Waals surface area contributed by atoms with Crippen molar-refractivity contribution in [3.8, 4) is 5.75 Å². The third-order valence-electron chi connectivity index (χ3n) is 4.06. The van der Waals surface area contributed by atoms with Crippen molar-refractivity contribution in [3.63, 3.8) is 0 Å². The molecule has 1 aromatic rings. The average molecular weight is 377 g/mol. The highest BCUT2D eigenvalue weighted by Crippen LogP contribution is 2.15. The maximum absolute atomic E-state index is 12.1. The minimum Gasteiger partial charge on any atom is -0.482 e. The molecule has 1 aromatic carbocycles. The van der Waals surface area contributed by atoms with Crippen molar-refractivity contribution in [1.29, 1.82) is 0 Å². The first-order valence-corrected chi connectivity index (χ1v) is 9.21. The molecule has 6 nitrogen and oxygen atoms in total. The fourth-order valence-corrected chi connectivity index (χ4v) is 2.24. The molecule has 1 N–H and O–H groups in total. The molecule has 0 aliphatic carbocycles. The maximum Gasteiger partial charge on any atom is 0.344 e. The van der Waals surface area contributed by atoms with Crippen LogP contribution >= 0.6 is 0 Å².